The number of nitro groups is 1. The first-order valence-corrected chi connectivity index (χ1v) is 7.79. The van der Waals surface area contributed by atoms with Crippen molar-refractivity contribution in [3.8, 4) is 0 Å². The summed E-state index contributed by atoms with van der Waals surface area (Å²) in [6.07, 6.45) is 0. The third-order valence-electron chi connectivity index (χ3n) is 3.09. The molecule has 2 aromatic rings. The van der Waals surface area contributed by atoms with Gasteiger partial charge in [0.25, 0.3) is 11.6 Å². The number of para-hydroxylation sites is 1. The molecule has 5 nitrogen and oxygen atoms in total. The lowest BCUT2D eigenvalue weighted by Gasteiger charge is -2.10. The fourth-order valence-corrected chi connectivity index (χ4v) is 2.81. The van der Waals surface area contributed by atoms with E-state index in [0.29, 0.717) is 11.1 Å². The molecule has 0 atom stereocenters. The fourth-order valence-electron chi connectivity index (χ4n) is 2.05. The van der Waals surface area contributed by atoms with Crippen molar-refractivity contribution >= 4 is 29.0 Å². The first kappa shape index (κ1) is 16.0. The lowest BCUT2D eigenvalue weighted by atomic mass is 10.1. The number of carbonyl (C=O) groups excluding carboxylic acids is 1. The van der Waals surface area contributed by atoms with Crippen molar-refractivity contribution in [3.05, 3.63) is 63.7 Å². The fraction of sp³-hybridized carbons (Fsp3) is 0.188. The van der Waals surface area contributed by atoms with Gasteiger partial charge in [-0.1, -0.05) is 19.1 Å². The number of anilines is 1. The summed E-state index contributed by atoms with van der Waals surface area (Å²) in [4.78, 5) is 23.7. The normalized spacial score (nSPS) is 10.3. The number of aryl methyl sites for hydroxylation is 1. The largest absolute Gasteiger partial charge is 0.321 e. The Labute approximate surface area is 132 Å². The Morgan fingerprint density at radius 2 is 2.00 bits per heavy atom. The molecule has 22 heavy (non-hydrogen) atoms. The van der Waals surface area contributed by atoms with E-state index >= 15 is 0 Å². The van der Waals surface area contributed by atoms with Crippen LogP contribution in [-0.4, -0.2) is 16.6 Å². The van der Waals surface area contributed by atoms with Crippen molar-refractivity contribution in [2.24, 2.45) is 0 Å². The minimum atomic E-state index is -0.454. The van der Waals surface area contributed by atoms with Gasteiger partial charge in [-0.25, -0.2) is 0 Å². The molecule has 1 amide bonds. The lowest BCUT2D eigenvalue weighted by molar-refractivity contribution is -0.385. The lowest BCUT2D eigenvalue weighted by Crippen LogP contribution is -2.13. The standard InChI is InChI=1S/C16H16N2O3S/c1-3-22-15-7-5-4-6-13(15)17-16(19)12-8-9-14(18(20)21)11(2)10-12/h4-10H,3H2,1-2H3,(H,17,19). The van der Waals surface area contributed by atoms with Gasteiger partial charge in [0.15, 0.2) is 0 Å². The molecule has 0 fully saturated rings. The Hall–Kier alpha value is -2.34. The zero-order valence-electron chi connectivity index (χ0n) is 12.3. The highest BCUT2D eigenvalue weighted by molar-refractivity contribution is 7.99. The summed E-state index contributed by atoms with van der Waals surface area (Å²) in [5.74, 6) is 0.630. The predicted octanol–water partition coefficient (Wildman–Crippen LogP) is 4.27. The van der Waals surface area contributed by atoms with Crippen molar-refractivity contribution in [1.29, 1.82) is 0 Å². The maximum Gasteiger partial charge on any atom is 0.272 e. The molecule has 1 N–H and O–H groups in total. The number of nitro benzene ring substituents is 1. The van der Waals surface area contributed by atoms with Gasteiger partial charge in [0.1, 0.15) is 0 Å². The summed E-state index contributed by atoms with van der Waals surface area (Å²) in [6.45, 7) is 3.67. The molecule has 0 aromatic heterocycles. The smallest absolute Gasteiger partial charge is 0.272 e. The molecule has 2 aromatic carbocycles. The van der Waals surface area contributed by atoms with Crippen LogP contribution in [0.2, 0.25) is 0 Å². The zero-order valence-corrected chi connectivity index (χ0v) is 13.1. The van der Waals surface area contributed by atoms with Gasteiger partial charge in [0.05, 0.1) is 10.6 Å². The Morgan fingerprint density at radius 1 is 1.27 bits per heavy atom. The van der Waals surface area contributed by atoms with E-state index in [0.717, 1.165) is 16.3 Å². The van der Waals surface area contributed by atoms with Gasteiger partial charge in [0.2, 0.25) is 0 Å². The Kier molecular flexibility index (Phi) is 5.16. The second kappa shape index (κ2) is 7.09. The van der Waals surface area contributed by atoms with Gasteiger partial charge in [-0.15, -0.1) is 11.8 Å². The summed E-state index contributed by atoms with van der Waals surface area (Å²) < 4.78 is 0. The van der Waals surface area contributed by atoms with Crippen molar-refractivity contribution in [2.75, 3.05) is 11.1 Å². The number of nitrogens with zero attached hydrogens (tertiary/aromatic N) is 1. The highest BCUT2D eigenvalue weighted by atomic mass is 32.2. The molecule has 0 aliphatic heterocycles. The average Bonchev–Trinajstić information content (AvgIpc) is 2.49. The quantitative estimate of drug-likeness (QED) is 0.508. The molecule has 0 radical (unpaired) electrons. The summed E-state index contributed by atoms with van der Waals surface area (Å²) in [5.41, 5.74) is 1.63. The number of rotatable bonds is 5. The van der Waals surface area contributed by atoms with Crippen LogP contribution in [0.4, 0.5) is 11.4 Å². The first-order chi connectivity index (χ1) is 10.5. The zero-order chi connectivity index (χ0) is 16.1. The van der Waals surface area contributed by atoms with Gasteiger partial charge >= 0.3 is 0 Å². The maximum atomic E-state index is 12.3. The van der Waals surface area contributed by atoms with Gasteiger partial charge in [0, 0.05) is 22.1 Å². The van der Waals surface area contributed by atoms with Crippen LogP contribution in [0.15, 0.2) is 47.4 Å². The number of thioether (sulfide) groups is 1. The van der Waals surface area contributed by atoms with Crippen LogP contribution in [0.1, 0.15) is 22.8 Å². The van der Waals surface area contributed by atoms with Gasteiger partial charge in [-0.2, -0.15) is 0 Å². The number of nitrogens with one attached hydrogen (secondary N) is 1. The van der Waals surface area contributed by atoms with Crippen LogP contribution < -0.4 is 5.32 Å². The summed E-state index contributed by atoms with van der Waals surface area (Å²) in [5, 5.41) is 13.7. The number of amides is 1. The van der Waals surface area contributed by atoms with E-state index < -0.39 is 4.92 Å². The molecule has 0 saturated heterocycles. The number of benzene rings is 2. The second-order valence-electron chi connectivity index (χ2n) is 4.64. The van der Waals surface area contributed by atoms with Crippen LogP contribution in [0.5, 0.6) is 0 Å². The minimum Gasteiger partial charge on any atom is -0.321 e. The number of carbonyl (C=O) groups is 1. The molecule has 6 heteroatoms. The van der Waals surface area contributed by atoms with Crippen LogP contribution in [0.3, 0.4) is 0 Å². The van der Waals surface area contributed by atoms with Crippen LogP contribution in [0.25, 0.3) is 0 Å². The average molecular weight is 316 g/mol. The van der Waals surface area contributed by atoms with Crippen molar-refractivity contribution in [1.82, 2.24) is 0 Å². The molecule has 0 aliphatic rings. The minimum absolute atomic E-state index is 0.0125. The van der Waals surface area contributed by atoms with Crippen molar-refractivity contribution in [3.63, 3.8) is 0 Å². The molecule has 2 rings (SSSR count). The Balaban J connectivity index is 2.23. The van der Waals surface area contributed by atoms with Gasteiger partial charge < -0.3 is 5.32 Å². The molecule has 0 heterocycles. The van der Waals surface area contributed by atoms with E-state index in [1.165, 1.54) is 18.2 Å². The van der Waals surface area contributed by atoms with Crippen LogP contribution >= 0.6 is 11.8 Å². The van der Waals surface area contributed by atoms with Crippen molar-refractivity contribution < 1.29 is 9.72 Å². The molecular formula is C16H16N2O3S. The molecule has 0 aliphatic carbocycles. The Bertz CT molecular complexity index is 716. The van der Waals surface area contributed by atoms with Crippen LogP contribution in [0, 0.1) is 17.0 Å². The van der Waals surface area contributed by atoms with E-state index in [2.05, 4.69) is 5.32 Å². The highest BCUT2D eigenvalue weighted by Gasteiger charge is 2.14. The van der Waals surface area contributed by atoms with E-state index in [9.17, 15) is 14.9 Å². The Morgan fingerprint density at radius 3 is 2.64 bits per heavy atom. The molecule has 0 spiro atoms. The molecular weight excluding hydrogens is 300 g/mol. The van der Waals surface area contributed by atoms with E-state index in [-0.39, 0.29) is 11.6 Å². The summed E-state index contributed by atoms with van der Waals surface area (Å²) in [7, 11) is 0. The van der Waals surface area contributed by atoms with Gasteiger partial charge in [-0.3, -0.25) is 14.9 Å². The van der Waals surface area contributed by atoms with Crippen molar-refractivity contribution in [2.45, 2.75) is 18.7 Å². The summed E-state index contributed by atoms with van der Waals surface area (Å²) in [6, 6.07) is 11.9. The monoisotopic (exact) mass is 316 g/mol. The number of hydrogen-bond acceptors (Lipinski definition) is 4. The van der Waals surface area contributed by atoms with E-state index in [1.54, 1.807) is 18.7 Å². The second-order valence-corrected chi connectivity index (χ2v) is 5.95. The topological polar surface area (TPSA) is 72.2 Å². The first-order valence-electron chi connectivity index (χ1n) is 6.81. The van der Waals surface area contributed by atoms with Gasteiger partial charge in [-0.05, 0) is 36.9 Å². The third kappa shape index (κ3) is 3.65. The maximum absolute atomic E-state index is 12.3. The summed E-state index contributed by atoms with van der Waals surface area (Å²) >= 11 is 1.64. The molecule has 0 bridgehead atoms. The molecule has 0 unspecified atom stereocenters. The highest BCUT2D eigenvalue weighted by Crippen LogP contribution is 2.27. The molecule has 0 saturated carbocycles. The number of hydrogen-bond donors (Lipinski definition) is 1. The van der Waals surface area contributed by atoms with Crippen LogP contribution in [-0.2, 0) is 0 Å². The SMILES string of the molecule is CCSc1ccccc1NC(=O)c1ccc([N+](=O)[O-])c(C)c1. The molecule has 114 valence electrons. The van der Waals surface area contributed by atoms with E-state index in [1.807, 2.05) is 31.2 Å². The predicted molar refractivity (Wildman–Crippen MR) is 88.6 cm³/mol. The third-order valence-corrected chi connectivity index (χ3v) is 4.05. The van der Waals surface area contributed by atoms with E-state index in [4.69, 9.17) is 0 Å².